The Morgan fingerprint density at radius 3 is 2.33 bits per heavy atom. The lowest BCUT2D eigenvalue weighted by molar-refractivity contribution is -0.138. The van der Waals surface area contributed by atoms with Crippen molar-refractivity contribution in [2.45, 2.75) is 73.1 Å². The number of allylic oxidation sites excluding steroid dienone is 7. The molecule has 0 aromatic rings. The summed E-state index contributed by atoms with van der Waals surface area (Å²) in [4.78, 5) is 12.2. The Morgan fingerprint density at radius 2 is 1.67 bits per heavy atom. The average molecular weight is 331 g/mol. The van der Waals surface area contributed by atoms with E-state index >= 15 is 0 Å². The molecular weight excluding hydrogens is 296 g/mol. The van der Waals surface area contributed by atoms with Crippen molar-refractivity contribution in [3.8, 4) is 0 Å². The lowest BCUT2D eigenvalue weighted by atomic mass is 9.94. The second-order valence-electron chi connectivity index (χ2n) is 6.99. The van der Waals surface area contributed by atoms with Gasteiger partial charge in [-0.1, -0.05) is 54.9 Å². The van der Waals surface area contributed by atoms with Gasteiger partial charge in [-0.15, -0.1) is 0 Å². The third-order valence-electron chi connectivity index (χ3n) is 4.51. The Kier molecular flexibility index (Phi) is 9.44. The summed E-state index contributed by atoms with van der Waals surface area (Å²) in [5.74, 6) is 0.341. The van der Waals surface area contributed by atoms with Gasteiger partial charge < -0.3 is 4.74 Å². The van der Waals surface area contributed by atoms with Crippen LogP contribution in [-0.2, 0) is 9.53 Å². The van der Waals surface area contributed by atoms with Gasteiger partial charge >= 0.3 is 5.97 Å². The molecule has 0 N–H and O–H groups in total. The van der Waals surface area contributed by atoms with Gasteiger partial charge in [0.05, 0.1) is 6.61 Å². The van der Waals surface area contributed by atoms with Crippen LogP contribution in [-0.4, -0.2) is 12.6 Å². The van der Waals surface area contributed by atoms with Gasteiger partial charge in [-0.3, -0.25) is 0 Å². The molecule has 0 atom stereocenters. The summed E-state index contributed by atoms with van der Waals surface area (Å²) < 4.78 is 5.24. The van der Waals surface area contributed by atoms with Gasteiger partial charge in [-0.05, 0) is 65.2 Å². The number of hydrogen-bond acceptors (Lipinski definition) is 2. The maximum absolute atomic E-state index is 12.2. The second kappa shape index (κ2) is 11.1. The van der Waals surface area contributed by atoms with Gasteiger partial charge in [0.2, 0.25) is 0 Å². The molecule has 0 heterocycles. The first-order chi connectivity index (χ1) is 11.4. The molecule has 0 aliphatic heterocycles. The van der Waals surface area contributed by atoms with Crippen LogP contribution in [0.15, 0.2) is 46.6 Å². The molecule has 1 aliphatic carbocycles. The third-order valence-corrected chi connectivity index (χ3v) is 4.51. The largest absolute Gasteiger partial charge is 0.463 e. The summed E-state index contributed by atoms with van der Waals surface area (Å²) in [5, 5.41) is 0. The topological polar surface area (TPSA) is 26.3 Å². The van der Waals surface area contributed by atoms with Gasteiger partial charge in [0.25, 0.3) is 0 Å². The lowest BCUT2D eigenvalue weighted by Crippen LogP contribution is -2.09. The lowest BCUT2D eigenvalue weighted by Gasteiger charge is -2.13. The van der Waals surface area contributed by atoms with Gasteiger partial charge in [-0.2, -0.15) is 0 Å². The molecule has 2 nitrogen and oxygen atoms in total. The van der Waals surface area contributed by atoms with Gasteiger partial charge in [0.15, 0.2) is 0 Å². The van der Waals surface area contributed by atoms with E-state index in [-0.39, 0.29) is 5.97 Å². The Labute approximate surface area is 148 Å². The predicted molar refractivity (Wildman–Crippen MR) is 103 cm³/mol. The predicted octanol–water partition coefficient (Wildman–Crippen LogP) is 6.31. The molecule has 0 bridgehead atoms. The van der Waals surface area contributed by atoms with E-state index in [4.69, 9.17) is 4.74 Å². The van der Waals surface area contributed by atoms with E-state index in [9.17, 15) is 4.79 Å². The number of ether oxygens (including phenoxy) is 1. The fraction of sp³-hybridized carbons (Fsp3) is 0.591. The van der Waals surface area contributed by atoms with Crippen molar-refractivity contribution in [3.63, 3.8) is 0 Å². The molecule has 0 fully saturated rings. The van der Waals surface area contributed by atoms with E-state index in [0.717, 1.165) is 44.1 Å². The van der Waals surface area contributed by atoms with Gasteiger partial charge in [-0.25, -0.2) is 4.79 Å². The Bertz CT molecular complexity index is 530. The van der Waals surface area contributed by atoms with E-state index in [0.29, 0.717) is 12.5 Å². The van der Waals surface area contributed by atoms with Crippen molar-refractivity contribution < 1.29 is 9.53 Å². The zero-order valence-corrected chi connectivity index (χ0v) is 16.2. The molecule has 1 aliphatic rings. The van der Waals surface area contributed by atoms with Crippen LogP contribution in [0, 0.1) is 5.92 Å². The van der Waals surface area contributed by atoms with E-state index in [1.165, 1.54) is 16.7 Å². The SMILES string of the molecule is CCOC(=O)/C1=C/CC/C(C)=C/CC/C(C)=C/C=C(/C(C)C)CC1. The van der Waals surface area contributed by atoms with Crippen molar-refractivity contribution in [3.05, 3.63) is 46.6 Å². The highest BCUT2D eigenvalue weighted by Gasteiger charge is 2.12. The van der Waals surface area contributed by atoms with E-state index in [1.54, 1.807) is 0 Å². The van der Waals surface area contributed by atoms with E-state index in [2.05, 4.69) is 52.0 Å². The van der Waals surface area contributed by atoms with Crippen LogP contribution < -0.4 is 0 Å². The average Bonchev–Trinajstić information content (AvgIpc) is 2.52. The minimum atomic E-state index is -0.152. The van der Waals surface area contributed by atoms with Crippen LogP contribution in [0.2, 0.25) is 0 Å². The monoisotopic (exact) mass is 330 g/mol. The molecule has 134 valence electrons. The summed E-state index contributed by atoms with van der Waals surface area (Å²) >= 11 is 0. The summed E-state index contributed by atoms with van der Waals surface area (Å²) in [5.41, 5.74) is 5.04. The van der Waals surface area contributed by atoms with Crippen LogP contribution in [0.5, 0.6) is 0 Å². The third kappa shape index (κ3) is 7.81. The van der Waals surface area contributed by atoms with E-state index in [1.807, 2.05) is 6.92 Å². The first-order valence-electron chi connectivity index (χ1n) is 9.32. The number of esters is 1. The zero-order chi connectivity index (χ0) is 17.9. The maximum atomic E-state index is 12.2. The molecule has 0 radical (unpaired) electrons. The smallest absolute Gasteiger partial charge is 0.333 e. The molecule has 0 aromatic heterocycles. The van der Waals surface area contributed by atoms with Gasteiger partial charge in [0, 0.05) is 5.57 Å². The standard InChI is InChI=1S/C22H34O2/c1-6-24-22(23)21-12-8-11-18(4)9-7-10-19(5)13-14-20(15-16-21)17(2)3/h9,12-14,17H,6-8,10-11,15-16H2,1-5H3/b18-9+,19-13+,20-14+,21-12+. The van der Waals surface area contributed by atoms with Crippen LogP contribution >= 0.6 is 0 Å². The minimum Gasteiger partial charge on any atom is -0.463 e. The highest BCUT2D eigenvalue weighted by molar-refractivity contribution is 5.88. The zero-order valence-electron chi connectivity index (χ0n) is 16.2. The Hall–Kier alpha value is -1.57. The molecule has 0 unspecified atom stereocenters. The Balaban J connectivity index is 3.03. The fourth-order valence-electron chi connectivity index (χ4n) is 2.81. The number of carbonyl (C=O) groups is 1. The second-order valence-corrected chi connectivity index (χ2v) is 6.99. The number of rotatable bonds is 3. The van der Waals surface area contributed by atoms with Gasteiger partial charge in [0.1, 0.15) is 0 Å². The highest BCUT2D eigenvalue weighted by atomic mass is 16.5. The Morgan fingerprint density at radius 1 is 1.00 bits per heavy atom. The molecule has 0 aromatic carbocycles. The molecule has 0 saturated heterocycles. The van der Waals surface area contributed by atoms with Crippen molar-refractivity contribution in [1.29, 1.82) is 0 Å². The molecule has 1 rings (SSSR count). The van der Waals surface area contributed by atoms with Crippen LogP contribution in [0.1, 0.15) is 73.1 Å². The first kappa shape index (κ1) is 20.5. The van der Waals surface area contributed by atoms with Crippen LogP contribution in [0.25, 0.3) is 0 Å². The summed E-state index contributed by atoms with van der Waals surface area (Å²) in [6, 6.07) is 0. The van der Waals surface area contributed by atoms with Crippen molar-refractivity contribution in [2.24, 2.45) is 5.92 Å². The molecule has 24 heavy (non-hydrogen) atoms. The molecule has 0 saturated carbocycles. The van der Waals surface area contributed by atoms with Crippen LogP contribution in [0.3, 0.4) is 0 Å². The number of hydrogen-bond donors (Lipinski definition) is 0. The maximum Gasteiger partial charge on any atom is 0.333 e. The molecular formula is C22H34O2. The molecule has 2 heteroatoms. The molecule has 0 amide bonds. The number of carbonyl (C=O) groups excluding carboxylic acids is 1. The van der Waals surface area contributed by atoms with Crippen molar-refractivity contribution >= 4 is 5.97 Å². The molecule has 0 spiro atoms. The van der Waals surface area contributed by atoms with Crippen LogP contribution in [0.4, 0.5) is 0 Å². The first-order valence-corrected chi connectivity index (χ1v) is 9.32. The summed E-state index contributed by atoms with van der Waals surface area (Å²) in [6.45, 7) is 11.1. The fourth-order valence-corrected chi connectivity index (χ4v) is 2.81. The van der Waals surface area contributed by atoms with Crippen molar-refractivity contribution in [1.82, 2.24) is 0 Å². The summed E-state index contributed by atoms with van der Waals surface area (Å²) in [7, 11) is 0. The van der Waals surface area contributed by atoms with E-state index < -0.39 is 0 Å². The van der Waals surface area contributed by atoms with Crippen molar-refractivity contribution in [2.75, 3.05) is 6.61 Å². The minimum absolute atomic E-state index is 0.152. The summed E-state index contributed by atoms with van der Waals surface area (Å²) in [6.07, 6.45) is 14.7. The normalized spacial score (nSPS) is 26.8. The quantitative estimate of drug-likeness (QED) is 0.448. The highest BCUT2D eigenvalue weighted by Crippen LogP contribution is 2.22.